The van der Waals surface area contributed by atoms with Crippen LogP contribution in [0.15, 0.2) is 12.2 Å². The lowest BCUT2D eigenvalue weighted by Gasteiger charge is -1.87. The molecule has 1 nitrogen and oxygen atoms in total. The molecule has 1 aliphatic rings. The summed E-state index contributed by atoms with van der Waals surface area (Å²) >= 11 is 5.24. The third kappa shape index (κ3) is 1.24. The van der Waals surface area contributed by atoms with Crippen LogP contribution in [-0.2, 0) is 4.79 Å². The summed E-state index contributed by atoms with van der Waals surface area (Å²) in [6.45, 7) is 0. The highest BCUT2D eigenvalue weighted by Crippen LogP contribution is 2.23. The molecule has 3 heteroatoms. The van der Waals surface area contributed by atoms with Crippen LogP contribution in [0.5, 0.6) is 0 Å². The Morgan fingerprint density at radius 1 is 1.86 bits per heavy atom. The summed E-state index contributed by atoms with van der Waals surface area (Å²) in [5.74, 6) is 0. The van der Waals surface area contributed by atoms with Gasteiger partial charge in [-0.3, -0.25) is 4.79 Å². The minimum absolute atomic E-state index is 0.104. The fourth-order valence-electron chi connectivity index (χ4n) is 0.358. The first-order valence-corrected chi connectivity index (χ1v) is 3.25. The molecule has 1 rings (SSSR count). The van der Waals surface area contributed by atoms with Crippen LogP contribution < -0.4 is 0 Å². The van der Waals surface area contributed by atoms with Crippen LogP contribution in [0.3, 0.4) is 0 Å². The molecule has 0 N–H and O–H groups in total. The maximum atomic E-state index is 10.3. The van der Waals surface area contributed by atoms with Crippen molar-refractivity contribution in [2.75, 3.05) is 0 Å². The molecule has 0 aliphatic carbocycles. The molecule has 1 atom stereocenters. The first-order chi connectivity index (χ1) is 3.29. The average molecular weight is 132 g/mol. The van der Waals surface area contributed by atoms with E-state index in [1.807, 2.05) is 0 Å². The molecular weight excluding hydrogens is 128 g/mol. The molecule has 0 aromatic rings. The minimum atomic E-state index is 0.104. The van der Waals surface area contributed by atoms with Crippen LogP contribution in [0, 0.1) is 0 Å². The average Bonchev–Trinajstić information content (AvgIpc) is 1.87. The molecule has 0 amide bonds. The molecule has 0 bridgehead atoms. The number of carbonyl (C=O) groups excluding carboxylic acids is 1. The van der Waals surface area contributed by atoms with Crippen molar-refractivity contribution in [3.05, 3.63) is 12.2 Å². The molecule has 1 unspecified atom stereocenters. The predicted octanol–water partition coefficient (Wildman–Crippen LogP) is 1.07. The highest BCUT2D eigenvalue weighted by molar-refractivity contribution is 8.21. The fraction of sp³-hybridized carbons (Fsp3) is 0.250. The SMILES string of the molecule is O=C1C=CC(S)S1. The van der Waals surface area contributed by atoms with Gasteiger partial charge in [0.15, 0.2) is 0 Å². The van der Waals surface area contributed by atoms with E-state index in [0.29, 0.717) is 0 Å². The Bertz CT molecular complexity index is 119. The Hall–Kier alpha value is 0.110. The van der Waals surface area contributed by atoms with Gasteiger partial charge in [-0.25, -0.2) is 0 Å². The zero-order chi connectivity index (χ0) is 5.28. The fourth-order valence-corrected chi connectivity index (χ4v) is 1.31. The van der Waals surface area contributed by atoms with Gasteiger partial charge in [0.2, 0.25) is 5.12 Å². The maximum absolute atomic E-state index is 10.3. The Morgan fingerprint density at radius 3 is 2.71 bits per heavy atom. The van der Waals surface area contributed by atoms with Crippen LogP contribution in [0.1, 0.15) is 0 Å². The molecule has 38 valence electrons. The summed E-state index contributed by atoms with van der Waals surface area (Å²) < 4.78 is 0.104. The Labute approximate surface area is 51.6 Å². The quantitative estimate of drug-likeness (QED) is 0.497. The van der Waals surface area contributed by atoms with Gasteiger partial charge < -0.3 is 0 Å². The monoisotopic (exact) mass is 132 g/mol. The number of rotatable bonds is 0. The lowest BCUT2D eigenvalue weighted by atomic mass is 10.6. The van der Waals surface area contributed by atoms with E-state index in [1.54, 1.807) is 12.2 Å². The first-order valence-electron chi connectivity index (χ1n) is 1.86. The third-order valence-corrected chi connectivity index (χ3v) is 1.89. The van der Waals surface area contributed by atoms with Crippen molar-refractivity contribution in [3.63, 3.8) is 0 Å². The van der Waals surface area contributed by atoms with Gasteiger partial charge in [0.25, 0.3) is 0 Å². The Balaban J connectivity index is 2.58. The van der Waals surface area contributed by atoms with Gasteiger partial charge in [-0.15, -0.1) is 0 Å². The molecule has 0 spiro atoms. The predicted molar refractivity (Wildman–Crippen MR) is 34.5 cm³/mol. The summed E-state index contributed by atoms with van der Waals surface area (Å²) in [6, 6.07) is 0. The zero-order valence-electron chi connectivity index (χ0n) is 3.50. The molecule has 1 aliphatic heterocycles. The van der Waals surface area contributed by atoms with E-state index in [9.17, 15) is 4.79 Å². The molecule has 0 saturated carbocycles. The van der Waals surface area contributed by atoms with Gasteiger partial charge in [-0.05, 0) is 6.08 Å². The Kier molecular flexibility index (Phi) is 1.44. The maximum Gasteiger partial charge on any atom is 0.213 e. The summed E-state index contributed by atoms with van der Waals surface area (Å²) in [5, 5.41) is 0.111. The highest BCUT2D eigenvalue weighted by Gasteiger charge is 2.10. The van der Waals surface area contributed by atoms with E-state index in [0.717, 1.165) is 0 Å². The van der Waals surface area contributed by atoms with E-state index in [4.69, 9.17) is 0 Å². The lowest BCUT2D eigenvalue weighted by molar-refractivity contribution is -0.106. The second kappa shape index (κ2) is 1.92. The van der Waals surface area contributed by atoms with Gasteiger partial charge in [-0.2, -0.15) is 12.6 Å². The van der Waals surface area contributed by atoms with Gasteiger partial charge in [-0.1, -0.05) is 17.8 Å². The molecule has 0 radical (unpaired) electrons. The molecule has 0 fully saturated rings. The van der Waals surface area contributed by atoms with E-state index in [-0.39, 0.29) is 9.70 Å². The topological polar surface area (TPSA) is 17.1 Å². The number of hydrogen-bond acceptors (Lipinski definition) is 3. The second-order valence-corrected chi connectivity index (χ2v) is 3.24. The summed E-state index contributed by atoms with van der Waals surface area (Å²) in [5.41, 5.74) is 0. The molecule has 0 saturated heterocycles. The standard InChI is InChI=1S/C4H4OS2/c5-3-1-2-4(6)7-3/h1-2,4,6H. The number of carbonyl (C=O) groups is 1. The van der Waals surface area contributed by atoms with E-state index >= 15 is 0 Å². The molecule has 0 aromatic carbocycles. The normalized spacial score (nSPS) is 29.3. The van der Waals surface area contributed by atoms with Gasteiger partial charge in [0, 0.05) is 0 Å². The first kappa shape index (κ1) is 5.25. The van der Waals surface area contributed by atoms with Crippen molar-refractivity contribution < 1.29 is 4.79 Å². The van der Waals surface area contributed by atoms with Gasteiger partial charge in [0.1, 0.15) is 0 Å². The van der Waals surface area contributed by atoms with E-state index in [2.05, 4.69) is 12.6 Å². The van der Waals surface area contributed by atoms with Crippen molar-refractivity contribution in [1.82, 2.24) is 0 Å². The number of thioether (sulfide) groups is 1. The lowest BCUT2D eigenvalue weighted by Crippen LogP contribution is -1.79. The zero-order valence-corrected chi connectivity index (χ0v) is 5.21. The largest absolute Gasteiger partial charge is 0.282 e. The minimum Gasteiger partial charge on any atom is -0.282 e. The second-order valence-electron chi connectivity index (χ2n) is 1.19. The molecule has 0 aromatic heterocycles. The van der Waals surface area contributed by atoms with E-state index in [1.165, 1.54) is 11.8 Å². The smallest absolute Gasteiger partial charge is 0.213 e. The molecule has 7 heavy (non-hydrogen) atoms. The Morgan fingerprint density at radius 2 is 2.57 bits per heavy atom. The van der Waals surface area contributed by atoms with E-state index < -0.39 is 0 Å². The van der Waals surface area contributed by atoms with Crippen molar-refractivity contribution >= 4 is 29.5 Å². The van der Waals surface area contributed by atoms with Crippen LogP contribution in [0.25, 0.3) is 0 Å². The van der Waals surface area contributed by atoms with Crippen LogP contribution in [0.2, 0.25) is 0 Å². The third-order valence-electron chi connectivity index (χ3n) is 0.634. The van der Waals surface area contributed by atoms with Crippen molar-refractivity contribution in [1.29, 1.82) is 0 Å². The van der Waals surface area contributed by atoms with Crippen molar-refractivity contribution in [2.24, 2.45) is 0 Å². The summed E-state index contributed by atoms with van der Waals surface area (Å²) in [6.07, 6.45) is 3.32. The van der Waals surface area contributed by atoms with Crippen molar-refractivity contribution in [2.45, 2.75) is 4.58 Å². The number of thiol groups is 1. The van der Waals surface area contributed by atoms with Crippen LogP contribution in [0.4, 0.5) is 0 Å². The number of hydrogen-bond donors (Lipinski definition) is 1. The summed E-state index contributed by atoms with van der Waals surface area (Å²) in [4.78, 5) is 10.3. The van der Waals surface area contributed by atoms with Gasteiger partial charge in [0.05, 0.1) is 4.58 Å². The molecule has 1 heterocycles. The van der Waals surface area contributed by atoms with Gasteiger partial charge >= 0.3 is 0 Å². The van der Waals surface area contributed by atoms with Crippen molar-refractivity contribution in [3.8, 4) is 0 Å². The highest BCUT2D eigenvalue weighted by atomic mass is 32.2. The molecular formula is C4H4OS2. The van der Waals surface area contributed by atoms with Crippen LogP contribution in [-0.4, -0.2) is 9.70 Å². The van der Waals surface area contributed by atoms with Crippen LogP contribution >= 0.6 is 24.4 Å². The summed E-state index contributed by atoms with van der Waals surface area (Å²) in [7, 11) is 0.